The zero-order valence-corrected chi connectivity index (χ0v) is 43.2. The Kier molecular flexibility index (Phi) is 15.8. The number of aryl methyl sites for hydroxylation is 1. The van der Waals surface area contributed by atoms with Crippen LogP contribution >= 0.6 is 31.1 Å². The van der Waals surface area contributed by atoms with E-state index in [4.69, 9.17) is 49.7 Å². The van der Waals surface area contributed by atoms with Crippen LogP contribution in [0.1, 0.15) is 31.5 Å². The summed E-state index contributed by atoms with van der Waals surface area (Å²) in [5, 5.41) is 42.9. The quantitative estimate of drug-likeness (QED) is 0.0240. The highest BCUT2D eigenvalue weighted by Gasteiger charge is 2.54. The number of nitrogens with zero attached hydrogens (tertiary/aromatic N) is 10. The monoisotopic (exact) mass is 1170 g/mol. The van der Waals surface area contributed by atoms with E-state index in [1.165, 1.54) is 33.4 Å². The van der Waals surface area contributed by atoms with Crippen molar-refractivity contribution in [2.24, 2.45) is 13.0 Å². The van der Waals surface area contributed by atoms with Crippen LogP contribution < -0.4 is 37.8 Å². The third-order valence-corrected chi connectivity index (χ3v) is 18.8. The van der Waals surface area contributed by atoms with Gasteiger partial charge in [-0.1, -0.05) is 4.98 Å². The summed E-state index contributed by atoms with van der Waals surface area (Å²) in [6.07, 6.45) is -11.7. The van der Waals surface area contributed by atoms with E-state index in [0.29, 0.717) is 0 Å². The molecule has 0 saturated carbocycles. The van der Waals surface area contributed by atoms with E-state index >= 15 is 0 Å². The molecule has 77 heavy (non-hydrogen) atoms. The predicted octanol–water partition coefficient (Wildman–Crippen LogP) is -4.25. The fourth-order valence-corrected chi connectivity index (χ4v) is 14.6. The number of hydrogen-bond donors (Lipinski definition) is 12. The second kappa shape index (κ2) is 21.5. The van der Waals surface area contributed by atoms with Crippen LogP contribution in [0.2, 0.25) is 0 Å². The number of nitrogens with two attached hydrogens (primary N) is 3. The molecule has 0 amide bonds. The van der Waals surface area contributed by atoms with Gasteiger partial charge in [-0.15, -0.1) is 0 Å². The average molecular weight is 1170 g/mol. The van der Waals surface area contributed by atoms with Crippen molar-refractivity contribution >= 4 is 82.3 Å². The molecule has 4 unspecified atom stereocenters. The number of aliphatic hydroxyl groups excluding tert-OH is 4. The predicted molar refractivity (Wildman–Crippen MR) is 249 cm³/mol. The fraction of sp³-hybridized carbons (Fsp3) is 0.571. The number of phosphoric ester groups is 2. The number of methoxy groups -OCH3 is 1. The molecule has 42 heteroatoms. The number of nitrogens with one attached hydrogen (secondary N) is 2. The van der Waals surface area contributed by atoms with Gasteiger partial charge in [0, 0.05) is 19.6 Å². The third kappa shape index (κ3) is 11.3. The molecule has 15 N–H and O–H groups in total. The molecule has 9 rings (SSSR count). The van der Waals surface area contributed by atoms with Crippen LogP contribution in [0, 0.1) is 5.92 Å². The van der Waals surface area contributed by atoms with E-state index in [9.17, 15) is 67.8 Å². The number of aromatic amines is 2. The van der Waals surface area contributed by atoms with Gasteiger partial charge in [0.1, 0.15) is 50.0 Å². The van der Waals surface area contributed by atoms with Gasteiger partial charge in [0.05, 0.1) is 57.4 Å². The van der Waals surface area contributed by atoms with Gasteiger partial charge < -0.3 is 85.2 Å². The Labute approximate surface area is 428 Å². The molecular formula is C35H49N15O23P4. The lowest BCUT2D eigenvalue weighted by atomic mass is 9.95. The van der Waals surface area contributed by atoms with Crippen molar-refractivity contribution in [3.05, 3.63) is 46.0 Å². The molecule has 0 spiro atoms. The summed E-state index contributed by atoms with van der Waals surface area (Å²) in [5.41, 5.74) is 13.9. The molecule has 3 aliphatic rings. The largest absolute Gasteiger partial charge is 0.778 e. The SMILES string of the molecule is CO[C@@H]1[C@H](P(=O)([O-])OC[C@H]2O[C@@H](n3cnc4c(=O)[nH]c(N)nc43)[C@H](O)[C@@H]2O)[C@@H](CCOP(=O)(O)OP(=O)(O)OP(=O)(O)OC[C@H]2O[C@@H]([n+]3cn(C)c4c(=O)[nH]c(N)nc43)[C@H](O)[C@@H]2CCO)O[C@H]1n1cnc2c(N)ncnc21. The van der Waals surface area contributed by atoms with Gasteiger partial charge in [-0.25, -0.2) is 38.2 Å². The Balaban J connectivity index is 0.863. The lowest BCUT2D eigenvalue weighted by Gasteiger charge is -2.35. The first-order valence-corrected chi connectivity index (χ1v) is 28.5. The van der Waals surface area contributed by atoms with Crippen LogP contribution in [0.15, 0.2) is 34.9 Å². The van der Waals surface area contributed by atoms with E-state index in [2.05, 4.69) is 48.5 Å². The highest BCUT2D eigenvalue weighted by atomic mass is 31.3. The molecule has 9 heterocycles. The van der Waals surface area contributed by atoms with Gasteiger partial charge in [-0.3, -0.25) is 42.3 Å². The number of aromatic nitrogens is 12. The molecule has 3 saturated heterocycles. The van der Waals surface area contributed by atoms with Crippen LogP contribution in [0.5, 0.6) is 0 Å². The normalized spacial score (nSPS) is 30.0. The lowest BCUT2D eigenvalue weighted by Crippen LogP contribution is -2.45. The van der Waals surface area contributed by atoms with E-state index in [1.807, 2.05) is 0 Å². The van der Waals surface area contributed by atoms with Gasteiger partial charge >= 0.3 is 29.1 Å². The highest BCUT2D eigenvalue weighted by molar-refractivity contribution is 7.66. The molecule has 422 valence electrons. The summed E-state index contributed by atoms with van der Waals surface area (Å²) in [6, 6.07) is 0. The fourth-order valence-electron chi connectivity index (χ4n) is 9.29. The standard InChI is InChI=1S/C35H49N15O23P4/c1-47-12-50(28-19(47)30(56)46-35(38)44-28)31-20(52)13(3-5-51)15(70-31)7-68-76(61,62)73-77(63,64)72-75(59,60)66-6-4-14-24(23(65-2)33(69-14)48-10-41-17-25(36)39-9-40-26(17)48)74(57,58)67-8-16-21(53)22(54)32(71-16)49-11-42-18-27(49)43-34(37)45-29(18)55/h9-16,20-24,31-33,51-54H,3-8H2,1-2H3,(H11-,36,37,38,39,40,43,44,45,46,55,56,57,58,59,60,61,62,63,64)/t13-,14-,15-,16-,20-,21-,22-,23-,24-,31-,32-,33-/m1/s1. The molecule has 0 radical (unpaired) electrons. The minimum Gasteiger partial charge on any atom is -0.778 e. The minimum absolute atomic E-state index is 0.0227. The lowest BCUT2D eigenvalue weighted by molar-refractivity contribution is -0.745. The Morgan fingerprint density at radius 2 is 1.39 bits per heavy atom. The van der Waals surface area contributed by atoms with Crippen molar-refractivity contribution in [3.8, 4) is 0 Å². The number of phosphoric acid groups is 3. The van der Waals surface area contributed by atoms with Crippen LogP contribution in [-0.2, 0) is 66.4 Å². The van der Waals surface area contributed by atoms with Gasteiger partial charge in [0.25, 0.3) is 17.1 Å². The first-order chi connectivity index (χ1) is 36.2. The number of rotatable bonds is 21. The minimum atomic E-state index is -6.13. The highest BCUT2D eigenvalue weighted by Crippen LogP contribution is 2.68. The van der Waals surface area contributed by atoms with E-state index < -0.39 is 148 Å². The smallest absolute Gasteiger partial charge is 0.490 e. The summed E-state index contributed by atoms with van der Waals surface area (Å²) >= 11 is 0. The van der Waals surface area contributed by atoms with Crippen molar-refractivity contribution in [2.45, 2.75) is 79.9 Å². The van der Waals surface area contributed by atoms with Crippen LogP contribution in [-0.4, -0.2) is 171 Å². The van der Waals surface area contributed by atoms with Crippen molar-refractivity contribution in [2.75, 3.05) is 50.7 Å². The van der Waals surface area contributed by atoms with E-state index in [0.717, 1.165) is 24.3 Å². The second-order valence-corrected chi connectivity index (χ2v) is 24.0. The van der Waals surface area contributed by atoms with Crippen molar-refractivity contribution in [1.29, 1.82) is 0 Å². The summed E-state index contributed by atoms with van der Waals surface area (Å²) in [5.74, 6) is -1.71. The summed E-state index contributed by atoms with van der Waals surface area (Å²) in [7, 11) is -20.6. The van der Waals surface area contributed by atoms with E-state index in [1.54, 1.807) is 0 Å². The first kappa shape index (κ1) is 56.6. The average Bonchev–Trinajstić information content (AvgIpc) is 4.24. The zero-order chi connectivity index (χ0) is 55.7. The molecule has 0 aliphatic carbocycles. The number of nitrogen functional groups attached to an aromatic ring is 3. The van der Waals surface area contributed by atoms with Crippen LogP contribution in [0.4, 0.5) is 17.7 Å². The number of imidazole rings is 3. The summed E-state index contributed by atoms with van der Waals surface area (Å²) in [4.78, 5) is 99.4. The molecule has 6 aromatic rings. The van der Waals surface area contributed by atoms with Crippen molar-refractivity contribution in [3.63, 3.8) is 0 Å². The van der Waals surface area contributed by atoms with Crippen molar-refractivity contribution in [1.82, 2.24) is 53.6 Å². The Hall–Kier alpha value is -5.11. The number of hydrogen-bond acceptors (Lipinski definition) is 29. The number of H-pyrrole nitrogens is 2. The van der Waals surface area contributed by atoms with Gasteiger partial charge in [-0.05, 0) is 12.8 Å². The molecule has 16 atom stereocenters. The number of ether oxygens (including phenoxy) is 4. The Morgan fingerprint density at radius 3 is 2.09 bits per heavy atom. The Morgan fingerprint density at radius 1 is 0.753 bits per heavy atom. The molecule has 3 aliphatic heterocycles. The maximum atomic E-state index is 14.3. The molecule has 38 nitrogen and oxygen atoms in total. The summed E-state index contributed by atoms with van der Waals surface area (Å²) < 4.78 is 105. The second-order valence-electron chi connectivity index (χ2n) is 17.5. The number of anilines is 3. The van der Waals surface area contributed by atoms with Gasteiger partial charge in [0.2, 0.25) is 17.7 Å². The zero-order valence-electron chi connectivity index (χ0n) is 39.6. The molecule has 3 fully saturated rings. The number of fused-ring (bicyclic) bond motifs is 3. The topological polar surface area (TPSA) is 556 Å². The van der Waals surface area contributed by atoms with Gasteiger partial charge in [0.15, 0.2) is 41.4 Å². The summed E-state index contributed by atoms with van der Waals surface area (Å²) in [6.45, 7) is -3.51. The Bertz CT molecular complexity index is 3510. The maximum Gasteiger partial charge on any atom is 0.490 e. The van der Waals surface area contributed by atoms with E-state index in [-0.39, 0.29) is 57.6 Å². The van der Waals surface area contributed by atoms with Gasteiger partial charge in [-0.2, -0.15) is 13.6 Å². The molecule has 6 aromatic heterocycles. The van der Waals surface area contributed by atoms with Crippen LogP contribution in [0.25, 0.3) is 33.5 Å². The number of aliphatic hydroxyl groups is 4. The first-order valence-electron chi connectivity index (χ1n) is 22.4. The third-order valence-electron chi connectivity index (χ3n) is 12.6. The maximum absolute atomic E-state index is 14.3. The molecular weight excluding hydrogens is 1120 g/mol. The van der Waals surface area contributed by atoms with Crippen LogP contribution in [0.3, 0.4) is 0 Å². The molecule has 0 bridgehead atoms. The van der Waals surface area contributed by atoms with Crippen molar-refractivity contribution < 1.29 is 104 Å². The molecule has 0 aromatic carbocycles.